The molecule has 2 bridgehead atoms. The van der Waals surface area contributed by atoms with Crippen molar-refractivity contribution in [2.24, 2.45) is 16.7 Å². The van der Waals surface area contributed by atoms with Gasteiger partial charge in [0, 0.05) is 17.1 Å². The van der Waals surface area contributed by atoms with E-state index < -0.39 is 0 Å². The largest absolute Gasteiger partial charge is 0.307 e. The zero-order chi connectivity index (χ0) is 14.5. The van der Waals surface area contributed by atoms with Crippen LogP contribution in [-0.2, 0) is 0 Å². The van der Waals surface area contributed by atoms with Gasteiger partial charge < -0.3 is 5.32 Å². The summed E-state index contributed by atoms with van der Waals surface area (Å²) in [6, 6.07) is 9.29. The van der Waals surface area contributed by atoms with Crippen LogP contribution in [0, 0.1) is 16.7 Å². The Morgan fingerprint density at radius 1 is 1.20 bits per heavy atom. The second-order valence-electron chi connectivity index (χ2n) is 7.60. The van der Waals surface area contributed by atoms with E-state index in [0.29, 0.717) is 22.9 Å². The van der Waals surface area contributed by atoms with Crippen molar-refractivity contribution in [3.05, 3.63) is 34.9 Å². The quantitative estimate of drug-likeness (QED) is 0.806. The molecule has 1 N–H and O–H groups in total. The highest BCUT2D eigenvalue weighted by atomic mass is 35.5. The molecule has 1 nitrogen and oxygen atoms in total. The Hall–Kier alpha value is -0.530. The number of halogens is 1. The highest BCUT2D eigenvalue weighted by Gasteiger charge is 2.61. The van der Waals surface area contributed by atoms with E-state index in [2.05, 4.69) is 45.1 Å². The fraction of sp³-hybridized carbons (Fsp3) is 0.667. The van der Waals surface area contributed by atoms with Crippen molar-refractivity contribution < 1.29 is 0 Å². The van der Waals surface area contributed by atoms with E-state index >= 15 is 0 Å². The van der Waals surface area contributed by atoms with Crippen LogP contribution in [0.1, 0.15) is 58.6 Å². The molecule has 0 amide bonds. The van der Waals surface area contributed by atoms with Gasteiger partial charge in [0.25, 0.3) is 0 Å². The van der Waals surface area contributed by atoms with E-state index in [1.165, 1.54) is 24.8 Å². The first-order valence-electron chi connectivity index (χ1n) is 7.86. The summed E-state index contributed by atoms with van der Waals surface area (Å²) in [4.78, 5) is 0. The van der Waals surface area contributed by atoms with Crippen molar-refractivity contribution in [3.63, 3.8) is 0 Å². The van der Waals surface area contributed by atoms with Crippen molar-refractivity contribution in [1.29, 1.82) is 0 Å². The topological polar surface area (TPSA) is 12.0 Å². The van der Waals surface area contributed by atoms with Gasteiger partial charge in [-0.15, -0.1) is 0 Å². The maximum Gasteiger partial charge on any atom is 0.0406 e. The van der Waals surface area contributed by atoms with Crippen molar-refractivity contribution in [2.75, 3.05) is 0 Å². The number of hydrogen-bond donors (Lipinski definition) is 1. The summed E-state index contributed by atoms with van der Waals surface area (Å²) in [6.07, 6.45) is 4.12. The van der Waals surface area contributed by atoms with Crippen molar-refractivity contribution in [2.45, 2.75) is 59.0 Å². The fourth-order valence-corrected chi connectivity index (χ4v) is 4.73. The SMILES string of the molecule is C[C@@H](NC1CC2CCC1(C)C2(C)C)c1ccc(Cl)cc1. The highest BCUT2D eigenvalue weighted by molar-refractivity contribution is 6.30. The second-order valence-corrected chi connectivity index (χ2v) is 8.04. The summed E-state index contributed by atoms with van der Waals surface area (Å²) in [5, 5.41) is 4.71. The van der Waals surface area contributed by atoms with Gasteiger partial charge in [-0.05, 0) is 60.6 Å². The van der Waals surface area contributed by atoms with Crippen LogP contribution in [0.15, 0.2) is 24.3 Å². The van der Waals surface area contributed by atoms with Crippen LogP contribution in [0.3, 0.4) is 0 Å². The minimum absolute atomic E-state index is 0.393. The molecule has 4 atom stereocenters. The molecule has 2 aliphatic carbocycles. The summed E-state index contributed by atoms with van der Waals surface area (Å²) in [7, 11) is 0. The molecule has 0 spiro atoms. The summed E-state index contributed by atoms with van der Waals surface area (Å²) in [6.45, 7) is 9.70. The van der Waals surface area contributed by atoms with Crippen LogP contribution < -0.4 is 5.32 Å². The van der Waals surface area contributed by atoms with Crippen LogP contribution in [0.2, 0.25) is 5.02 Å². The first-order chi connectivity index (χ1) is 9.34. The van der Waals surface area contributed by atoms with Gasteiger partial charge in [-0.25, -0.2) is 0 Å². The predicted molar refractivity (Wildman–Crippen MR) is 86.0 cm³/mol. The molecular weight excluding hydrogens is 266 g/mol. The van der Waals surface area contributed by atoms with Gasteiger partial charge in [0.1, 0.15) is 0 Å². The molecular formula is C18H26ClN. The zero-order valence-corrected chi connectivity index (χ0v) is 13.8. The van der Waals surface area contributed by atoms with Gasteiger partial charge in [0.15, 0.2) is 0 Å². The Bertz CT molecular complexity index is 493. The highest BCUT2D eigenvalue weighted by Crippen LogP contribution is 2.65. The van der Waals surface area contributed by atoms with Crippen molar-refractivity contribution in [3.8, 4) is 0 Å². The Morgan fingerprint density at radius 2 is 1.85 bits per heavy atom. The smallest absolute Gasteiger partial charge is 0.0406 e. The Labute approximate surface area is 128 Å². The van der Waals surface area contributed by atoms with Crippen molar-refractivity contribution in [1.82, 2.24) is 5.32 Å². The third kappa shape index (κ3) is 2.02. The van der Waals surface area contributed by atoms with Crippen LogP contribution in [0.5, 0.6) is 0 Å². The van der Waals surface area contributed by atoms with E-state index in [0.717, 1.165) is 10.9 Å². The molecule has 20 heavy (non-hydrogen) atoms. The molecule has 3 rings (SSSR count). The lowest BCUT2D eigenvalue weighted by atomic mass is 9.69. The summed E-state index contributed by atoms with van der Waals surface area (Å²) in [5.74, 6) is 0.891. The molecule has 2 aliphatic rings. The molecule has 0 heterocycles. The number of benzene rings is 1. The minimum atomic E-state index is 0.393. The van der Waals surface area contributed by atoms with Gasteiger partial charge in [0.2, 0.25) is 0 Å². The molecule has 110 valence electrons. The predicted octanol–water partition coefficient (Wildman–Crippen LogP) is 5.21. The van der Waals surface area contributed by atoms with Gasteiger partial charge in [-0.2, -0.15) is 0 Å². The molecule has 0 saturated heterocycles. The summed E-state index contributed by atoms with van der Waals surface area (Å²) >= 11 is 5.98. The second kappa shape index (κ2) is 4.74. The lowest BCUT2D eigenvalue weighted by Gasteiger charge is -2.40. The minimum Gasteiger partial charge on any atom is -0.307 e. The average Bonchev–Trinajstić information content (AvgIpc) is 2.72. The molecule has 1 aromatic rings. The Balaban J connectivity index is 1.75. The van der Waals surface area contributed by atoms with E-state index in [1.807, 2.05) is 12.1 Å². The van der Waals surface area contributed by atoms with Gasteiger partial charge >= 0.3 is 0 Å². The zero-order valence-electron chi connectivity index (χ0n) is 13.0. The van der Waals surface area contributed by atoms with Crippen LogP contribution in [0.25, 0.3) is 0 Å². The monoisotopic (exact) mass is 291 g/mol. The standard InChI is InChI=1S/C18H26ClN/c1-12(13-5-7-15(19)8-6-13)20-16-11-14-9-10-18(16,4)17(14,2)3/h5-8,12,14,16,20H,9-11H2,1-4H3/t12-,14?,16?,18?/m1/s1. The maximum atomic E-state index is 5.98. The van der Waals surface area contributed by atoms with Crippen LogP contribution in [0.4, 0.5) is 0 Å². The lowest BCUT2D eigenvalue weighted by molar-refractivity contribution is 0.116. The Morgan fingerprint density at radius 3 is 2.35 bits per heavy atom. The summed E-state index contributed by atoms with van der Waals surface area (Å²) in [5.41, 5.74) is 2.25. The normalized spacial score (nSPS) is 36.2. The Kier molecular flexibility index (Phi) is 3.42. The number of nitrogens with one attached hydrogen (secondary N) is 1. The lowest BCUT2D eigenvalue weighted by Crippen LogP contribution is -2.45. The summed E-state index contributed by atoms with van der Waals surface area (Å²) < 4.78 is 0. The first-order valence-corrected chi connectivity index (χ1v) is 8.24. The molecule has 0 aliphatic heterocycles. The third-order valence-corrected chi connectivity index (χ3v) is 6.87. The van der Waals surface area contributed by atoms with E-state index in [-0.39, 0.29) is 0 Å². The molecule has 0 aromatic heterocycles. The van der Waals surface area contributed by atoms with Gasteiger partial charge in [0.05, 0.1) is 0 Å². The fourth-order valence-electron chi connectivity index (χ4n) is 4.61. The van der Waals surface area contributed by atoms with Crippen LogP contribution in [-0.4, -0.2) is 6.04 Å². The maximum absolute atomic E-state index is 5.98. The molecule has 2 fully saturated rings. The van der Waals surface area contributed by atoms with Gasteiger partial charge in [-0.1, -0.05) is 44.5 Å². The first kappa shape index (κ1) is 14.4. The number of fused-ring (bicyclic) bond motifs is 2. The van der Waals surface area contributed by atoms with Crippen molar-refractivity contribution >= 4 is 11.6 Å². The molecule has 2 saturated carbocycles. The van der Waals surface area contributed by atoms with E-state index in [1.54, 1.807) is 0 Å². The molecule has 3 unspecified atom stereocenters. The number of hydrogen-bond acceptors (Lipinski definition) is 1. The van der Waals surface area contributed by atoms with Crippen LogP contribution >= 0.6 is 11.6 Å². The average molecular weight is 292 g/mol. The third-order valence-electron chi connectivity index (χ3n) is 6.62. The van der Waals surface area contributed by atoms with Gasteiger partial charge in [-0.3, -0.25) is 0 Å². The molecule has 0 radical (unpaired) electrons. The van der Waals surface area contributed by atoms with E-state index in [9.17, 15) is 0 Å². The number of rotatable bonds is 3. The molecule has 1 aromatic carbocycles. The molecule has 2 heteroatoms. The van der Waals surface area contributed by atoms with E-state index in [4.69, 9.17) is 11.6 Å².